The lowest BCUT2D eigenvalue weighted by Gasteiger charge is -2.37. The van der Waals surface area contributed by atoms with Crippen LogP contribution in [0.5, 0.6) is 0 Å². The molecule has 1 aromatic carbocycles. The van der Waals surface area contributed by atoms with Crippen LogP contribution in [0.15, 0.2) is 24.3 Å². The van der Waals surface area contributed by atoms with Crippen molar-refractivity contribution in [2.75, 3.05) is 57.3 Å². The minimum absolute atomic E-state index is 0.0219. The number of nitrogens with one attached hydrogen (secondary N) is 1. The van der Waals surface area contributed by atoms with Crippen molar-refractivity contribution in [1.82, 2.24) is 15.1 Å². The van der Waals surface area contributed by atoms with Crippen molar-refractivity contribution in [3.63, 3.8) is 0 Å². The molecule has 2 atom stereocenters. The van der Waals surface area contributed by atoms with Crippen LogP contribution in [0.2, 0.25) is 0 Å². The zero-order chi connectivity index (χ0) is 22.8. The Hall–Kier alpha value is -2.19. The molecule has 5 rings (SSSR count). The molecule has 0 aliphatic carbocycles. The van der Waals surface area contributed by atoms with E-state index >= 15 is 0 Å². The van der Waals surface area contributed by atoms with Crippen LogP contribution >= 0.6 is 0 Å². The molecular weight excluding hydrogens is 423 g/mol. The molecule has 33 heavy (non-hydrogen) atoms. The zero-order valence-corrected chi connectivity index (χ0v) is 19.3. The fourth-order valence-corrected chi connectivity index (χ4v) is 5.89. The van der Waals surface area contributed by atoms with Crippen molar-refractivity contribution in [2.24, 2.45) is 5.41 Å². The molecule has 1 N–H and O–H groups in total. The molecular formula is C25H35FN4O3. The van der Waals surface area contributed by atoms with E-state index in [-0.39, 0.29) is 29.8 Å². The number of benzene rings is 1. The molecule has 1 unspecified atom stereocenters. The molecule has 1 spiro atoms. The second kappa shape index (κ2) is 9.58. The maximum absolute atomic E-state index is 13.2. The van der Waals surface area contributed by atoms with Gasteiger partial charge in [0.25, 0.3) is 0 Å². The molecule has 4 heterocycles. The van der Waals surface area contributed by atoms with Gasteiger partial charge in [-0.15, -0.1) is 0 Å². The third-order valence-corrected chi connectivity index (χ3v) is 8.05. The summed E-state index contributed by atoms with van der Waals surface area (Å²) in [7, 11) is 0. The van der Waals surface area contributed by atoms with E-state index in [0.29, 0.717) is 13.1 Å². The molecule has 4 saturated heterocycles. The number of carbonyl (C=O) groups is 2. The number of nitrogens with zero attached hydrogens (tertiary/aromatic N) is 3. The first-order valence-electron chi connectivity index (χ1n) is 12.5. The van der Waals surface area contributed by atoms with Gasteiger partial charge in [-0.25, -0.2) is 4.39 Å². The fourth-order valence-electron chi connectivity index (χ4n) is 5.89. The van der Waals surface area contributed by atoms with Gasteiger partial charge in [-0.05, 0) is 62.9 Å². The fraction of sp³-hybridized carbons (Fsp3) is 0.680. The van der Waals surface area contributed by atoms with Gasteiger partial charge in [0.05, 0.1) is 11.5 Å². The van der Waals surface area contributed by atoms with E-state index in [0.717, 1.165) is 83.5 Å². The summed E-state index contributed by atoms with van der Waals surface area (Å²) < 4.78 is 19.0. The number of halogens is 1. The number of carbonyl (C=O) groups excluding carboxylic acids is 2. The number of hydrogen-bond donors (Lipinski definition) is 1. The lowest BCUT2D eigenvalue weighted by atomic mass is 9.75. The second-order valence-electron chi connectivity index (χ2n) is 10.1. The Morgan fingerprint density at radius 1 is 1.09 bits per heavy atom. The molecule has 0 bridgehead atoms. The molecule has 4 fully saturated rings. The van der Waals surface area contributed by atoms with Crippen molar-refractivity contribution in [3.8, 4) is 0 Å². The van der Waals surface area contributed by atoms with E-state index in [4.69, 9.17) is 4.74 Å². The standard InChI is InChI=1S/C25H35FN4O3/c26-19-3-5-20(6-4-19)29-16-14-28(15-17-29)11-7-21-18-25(24(32)33-21)8-12-30(13-9-25)23(31)22-2-1-10-27-22/h3-6,21-22,27H,1-2,7-18H2/t21-,22?/m0/s1. The third kappa shape index (κ3) is 4.87. The van der Waals surface area contributed by atoms with Gasteiger partial charge in [0.15, 0.2) is 0 Å². The molecule has 0 radical (unpaired) electrons. The van der Waals surface area contributed by atoms with Crippen molar-refractivity contribution < 1.29 is 18.7 Å². The Morgan fingerprint density at radius 2 is 1.82 bits per heavy atom. The van der Waals surface area contributed by atoms with Gasteiger partial charge >= 0.3 is 5.97 Å². The van der Waals surface area contributed by atoms with E-state index in [1.807, 2.05) is 17.0 Å². The number of hydrogen-bond acceptors (Lipinski definition) is 6. The largest absolute Gasteiger partial charge is 0.462 e. The highest BCUT2D eigenvalue weighted by Gasteiger charge is 2.51. The van der Waals surface area contributed by atoms with Gasteiger partial charge in [-0.1, -0.05) is 0 Å². The molecule has 8 heteroatoms. The van der Waals surface area contributed by atoms with Crippen LogP contribution in [0.3, 0.4) is 0 Å². The summed E-state index contributed by atoms with van der Waals surface area (Å²) in [5.41, 5.74) is 0.669. The van der Waals surface area contributed by atoms with E-state index in [1.165, 1.54) is 12.1 Å². The summed E-state index contributed by atoms with van der Waals surface area (Å²) in [5, 5.41) is 3.29. The normalized spacial score (nSPS) is 27.8. The lowest BCUT2D eigenvalue weighted by molar-refractivity contribution is -0.153. The first-order chi connectivity index (χ1) is 16.0. The number of piperazine rings is 1. The monoisotopic (exact) mass is 458 g/mol. The van der Waals surface area contributed by atoms with Gasteiger partial charge in [0, 0.05) is 57.9 Å². The number of anilines is 1. The minimum atomic E-state index is -0.397. The summed E-state index contributed by atoms with van der Waals surface area (Å²) in [5.74, 6) is -0.0610. The van der Waals surface area contributed by atoms with Crippen molar-refractivity contribution in [1.29, 1.82) is 0 Å². The van der Waals surface area contributed by atoms with Gasteiger partial charge in [-0.2, -0.15) is 0 Å². The third-order valence-electron chi connectivity index (χ3n) is 8.05. The summed E-state index contributed by atoms with van der Waals surface area (Å²) in [6.45, 7) is 6.89. The van der Waals surface area contributed by atoms with E-state index in [9.17, 15) is 14.0 Å². The highest BCUT2D eigenvalue weighted by atomic mass is 19.1. The molecule has 7 nitrogen and oxygen atoms in total. The molecule has 4 aliphatic rings. The van der Waals surface area contributed by atoms with Crippen molar-refractivity contribution in [2.45, 2.75) is 50.7 Å². The van der Waals surface area contributed by atoms with E-state index < -0.39 is 5.41 Å². The lowest BCUT2D eigenvalue weighted by Crippen LogP contribution is -2.50. The predicted octanol–water partition coefficient (Wildman–Crippen LogP) is 2.01. The van der Waals surface area contributed by atoms with Crippen LogP contribution in [0.1, 0.15) is 38.5 Å². The van der Waals surface area contributed by atoms with Gasteiger partial charge in [0.1, 0.15) is 11.9 Å². The Kier molecular flexibility index (Phi) is 6.56. The molecule has 4 aliphatic heterocycles. The first-order valence-corrected chi connectivity index (χ1v) is 12.5. The number of rotatable bonds is 5. The quantitative estimate of drug-likeness (QED) is 0.681. The predicted molar refractivity (Wildman–Crippen MR) is 123 cm³/mol. The highest BCUT2D eigenvalue weighted by Crippen LogP contribution is 2.44. The topological polar surface area (TPSA) is 65.1 Å². The zero-order valence-electron chi connectivity index (χ0n) is 19.3. The number of cyclic esters (lactones) is 1. The summed E-state index contributed by atoms with van der Waals surface area (Å²) in [4.78, 5) is 32.1. The Morgan fingerprint density at radius 3 is 2.48 bits per heavy atom. The number of amides is 1. The highest BCUT2D eigenvalue weighted by molar-refractivity contribution is 5.83. The van der Waals surface area contributed by atoms with Gasteiger partial charge in [0.2, 0.25) is 5.91 Å². The van der Waals surface area contributed by atoms with Crippen LogP contribution in [-0.2, 0) is 14.3 Å². The number of ether oxygens (including phenoxy) is 1. The average molecular weight is 459 g/mol. The molecule has 0 saturated carbocycles. The van der Waals surface area contributed by atoms with Gasteiger partial charge < -0.3 is 19.9 Å². The Bertz CT molecular complexity index is 842. The van der Waals surface area contributed by atoms with Gasteiger partial charge in [-0.3, -0.25) is 14.5 Å². The second-order valence-corrected chi connectivity index (χ2v) is 10.1. The molecule has 1 aromatic rings. The smallest absolute Gasteiger partial charge is 0.312 e. The first kappa shape index (κ1) is 22.6. The summed E-state index contributed by atoms with van der Waals surface area (Å²) in [6, 6.07) is 6.67. The number of esters is 1. The van der Waals surface area contributed by atoms with Crippen LogP contribution in [0.4, 0.5) is 10.1 Å². The van der Waals surface area contributed by atoms with Crippen LogP contribution < -0.4 is 10.2 Å². The molecule has 180 valence electrons. The Labute approximate surface area is 195 Å². The number of likely N-dealkylation sites (tertiary alicyclic amines) is 1. The summed E-state index contributed by atoms with van der Waals surface area (Å²) in [6.07, 6.45) is 5.04. The van der Waals surface area contributed by atoms with Crippen LogP contribution in [0, 0.1) is 11.2 Å². The van der Waals surface area contributed by atoms with Crippen LogP contribution in [0.25, 0.3) is 0 Å². The van der Waals surface area contributed by atoms with Crippen LogP contribution in [-0.4, -0.2) is 86.2 Å². The summed E-state index contributed by atoms with van der Waals surface area (Å²) >= 11 is 0. The minimum Gasteiger partial charge on any atom is -0.462 e. The van der Waals surface area contributed by atoms with E-state index in [2.05, 4.69) is 15.1 Å². The maximum Gasteiger partial charge on any atom is 0.312 e. The number of piperidine rings is 1. The average Bonchev–Trinajstić information content (AvgIpc) is 3.48. The maximum atomic E-state index is 13.2. The Balaban J connectivity index is 1.06. The molecule has 0 aromatic heterocycles. The molecule has 1 amide bonds. The van der Waals surface area contributed by atoms with Crippen molar-refractivity contribution in [3.05, 3.63) is 30.1 Å². The van der Waals surface area contributed by atoms with E-state index in [1.54, 1.807) is 0 Å². The van der Waals surface area contributed by atoms with Crippen molar-refractivity contribution >= 4 is 17.6 Å². The SMILES string of the molecule is O=C(C1CCCN1)N1CCC2(CC1)C[C@H](CCN1CCN(c3ccc(F)cc3)CC1)OC2=O.